The number of amides is 5. The Labute approximate surface area is 317 Å². The number of allylic oxidation sites excluding steroid dienone is 1. The molecule has 2 rings (SSSR count). The second-order valence-corrected chi connectivity index (χ2v) is 15.9. The number of nitrogens with zero attached hydrogens (tertiary/aromatic N) is 3. The number of hydrogen-bond donors (Lipinski definition) is 2. The van der Waals surface area contributed by atoms with Gasteiger partial charge >= 0.3 is 6.09 Å². The molecule has 4 atom stereocenters. The lowest BCUT2D eigenvalue weighted by molar-refractivity contribution is -0.147. The molecular formula is C39H59BrFN5O6. The van der Waals surface area contributed by atoms with Crippen molar-refractivity contribution in [2.45, 2.75) is 116 Å². The number of rotatable bonds is 20. The summed E-state index contributed by atoms with van der Waals surface area (Å²) in [4.78, 5) is 72.9. The van der Waals surface area contributed by atoms with Crippen LogP contribution in [0.25, 0.3) is 0 Å². The second kappa shape index (κ2) is 20.5. The van der Waals surface area contributed by atoms with Gasteiger partial charge in [0.15, 0.2) is 0 Å². The molecule has 52 heavy (non-hydrogen) atoms. The Morgan fingerprint density at radius 3 is 2.15 bits per heavy atom. The zero-order valence-corrected chi connectivity index (χ0v) is 33.8. The molecule has 0 radical (unpaired) electrons. The summed E-state index contributed by atoms with van der Waals surface area (Å²) in [6.07, 6.45) is 6.86. The van der Waals surface area contributed by atoms with Gasteiger partial charge in [-0.3, -0.25) is 19.2 Å². The minimum Gasteiger partial charge on any atom is -0.444 e. The molecule has 1 aromatic carbocycles. The lowest BCUT2D eigenvalue weighted by Gasteiger charge is -2.35. The van der Waals surface area contributed by atoms with Gasteiger partial charge in [-0.05, 0) is 101 Å². The van der Waals surface area contributed by atoms with Crippen molar-refractivity contribution in [3.63, 3.8) is 0 Å². The first-order valence-electron chi connectivity index (χ1n) is 18.0. The van der Waals surface area contributed by atoms with E-state index in [0.29, 0.717) is 16.6 Å². The van der Waals surface area contributed by atoms with Crippen LogP contribution in [0.5, 0.6) is 0 Å². The van der Waals surface area contributed by atoms with E-state index in [4.69, 9.17) is 4.74 Å². The Bertz CT molecular complexity index is 1430. The fraction of sp³-hybridized carbons (Fsp3) is 0.615. The Morgan fingerprint density at radius 1 is 0.962 bits per heavy atom. The zero-order chi connectivity index (χ0) is 39.3. The summed E-state index contributed by atoms with van der Waals surface area (Å²) in [5, 5.41) is 5.57. The largest absolute Gasteiger partial charge is 0.444 e. The topological polar surface area (TPSA) is 128 Å². The van der Waals surface area contributed by atoms with Gasteiger partial charge in [0.2, 0.25) is 23.6 Å². The molecular weight excluding hydrogens is 733 g/mol. The van der Waals surface area contributed by atoms with Crippen LogP contribution in [0.4, 0.5) is 9.18 Å². The third-order valence-electron chi connectivity index (χ3n) is 8.91. The van der Waals surface area contributed by atoms with Crippen LogP contribution < -0.4 is 10.6 Å². The van der Waals surface area contributed by atoms with E-state index in [1.807, 2.05) is 19.9 Å². The summed E-state index contributed by atoms with van der Waals surface area (Å²) in [6, 6.07) is 0.220. The summed E-state index contributed by atoms with van der Waals surface area (Å²) in [5.74, 6) is -2.45. The third-order valence-corrected chi connectivity index (χ3v) is 9.68. The van der Waals surface area contributed by atoms with Crippen LogP contribution in [0.3, 0.4) is 0 Å². The first-order chi connectivity index (χ1) is 24.3. The van der Waals surface area contributed by atoms with Gasteiger partial charge in [0, 0.05) is 38.6 Å². The van der Waals surface area contributed by atoms with Crippen LogP contribution in [-0.4, -0.2) is 102 Å². The number of carbonyl (C=O) groups excluding carboxylic acids is 5. The minimum atomic E-state index is -1.04. The highest BCUT2D eigenvalue weighted by atomic mass is 79.9. The van der Waals surface area contributed by atoms with Gasteiger partial charge in [-0.25, -0.2) is 9.18 Å². The number of halogens is 2. The van der Waals surface area contributed by atoms with E-state index in [0.717, 1.165) is 32.1 Å². The van der Waals surface area contributed by atoms with Crippen molar-refractivity contribution in [2.75, 3.05) is 27.7 Å². The summed E-state index contributed by atoms with van der Waals surface area (Å²) in [7, 11) is 4.68. The molecule has 1 aliphatic rings. The second-order valence-electron chi connectivity index (χ2n) is 15.1. The van der Waals surface area contributed by atoms with Crippen molar-refractivity contribution in [3.05, 3.63) is 59.4 Å². The van der Waals surface area contributed by atoms with Crippen LogP contribution >= 0.6 is 15.9 Å². The predicted molar refractivity (Wildman–Crippen MR) is 205 cm³/mol. The lowest BCUT2D eigenvalue weighted by Crippen LogP contribution is -2.59. The highest BCUT2D eigenvalue weighted by Gasteiger charge is 2.42. The molecule has 1 aromatic rings. The standard InChI is InChI=1S/C39H59BrFN5O6/c1-11-13-14-15-21-44(8)36(49)32(24-27-23-28(41)19-20-29(27)40)46(10)35(48)30(22-25(3)4)42-34(47)31(16-12-2)45(9)37(50)33(26-17-18-26)43-38(51)52-39(5,6)7/h11-12,19-20,23,25-26,30-33H,1-2,13-18,21-22,24H2,3-10H3,(H,42,47)(H,43,51)/t30-,31-,32-,33-/m0/s1. The Kier molecular flexibility index (Phi) is 17.5. The fourth-order valence-corrected chi connectivity index (χ4v) is 6.29. The molecule has 2 N–H and O–H groups in total. The highest BCUT2D eigenvalue weighted by Crippen LogP contribution is 2.34. The monoisotopic (exact) mass is 791 g/mol. The molecule has 1 saturated carbocycles. The van der Waals surface area contributed by atoms with Crippen molar-refractivity contribution in [2.24, 2.45) is 11.8 Å². The Balaban J connectivity index is 2.38. The zero-order valence-electron chi connectivity index (χ0n) is 32.2. The maximum atomic E-state index is 14.3. The SMILES string of the molecule is C=CCCCCN(C)C(=O)[C@H](Cc1cc(F)ccc1Br)N(C)C(=O)[C@H](CC(C)C)NC(=O)[C@H](CC=C)N(C)C(=O)[C@@H](NC(=O)OC(C)(C)C)C1CC1. The van der Waals surface area contributed by atoms with E-state index in [1.54, 1.807) is 38.8 Å². The number of alkyl carbamates (subject to hydrolysis) is 1. The Hall–Kier alpha value is -3.74. The van der Waals surface area contributed by atoms with Crippen molar-refractivity contribution in [1.29, 1.82) is 0 Å². The smallest absolute Gasteiger partial charge is 0.408 e. The quantitative estimate of drug-likeness (QED) is 0.123. The summed E-state index contributed by atoms with van der Waals surface area (Å²) in [6.45, 7) is 17.0. The van der Waals surface area contributed by atoms with E-state index in [1.165, 1.54) is 42.1 Å². The molecule has 290 valence electrons. The van der Waals surface area contributed by atoms with Gasteiger partial charge in [0.05, 0.1) is 0 Å². The molecule has 0 heterocycles. The van der Waals surface area contributed by atoms with Crippen molar-refractivity contribution >= 4 is 45.7 Å². The number of nitrogens with one attached hydrogen (secondary N) is 2. The first kappa shape index (κ1) is 44.4. The fourth-order valence-electron chi connectivity index (χ4n) is 5.88. The number of ether oxygens (including phenoxy) is 1. The molecule has 0 aromatic heterocycles. The van der Waals surface area contributed by atoms with Crippen molar-refractivity contribution in [3.8, 4) is 0 Å². The van der Waals surface area contributed by atoms with Crippen LogP contribution in [-0.2, 0) is 30.3 Å². The average Bonchev–Trinajstić information content (AvgIpc) is 3.91. The molecule has 0 saturated heterocycles. The molecule has 0 bridgehead atoms. The van der Waals surface area contributed by atoms with Gasteiger partial charge in [-0.1, -0.05) is 41.9 Å². The molecule has 1 fully saturated rings. The molecule has 0 aliphatic heterocycles. The molecule has 13 heteroatoms. The van der Waals surface area contributed by atoms with E-state index in [2.05, 4.69) is 39.7 Å². The van der Waals surface area contributed by atoms with Gasteiger partial charge in [0.1, 0.15) is 35.6 Å². The van der Waals surface area contributed by atoms with Crippen LogP contribution in [0.1, 0.15) is 85.1 Å². The van der Waals surface area contributed by atoms with Crippen LogP contribution in [0.2, 0.25) is 0 Å². The Morgan fingerprint density at radius 2 is 1.60 bits per heavy atom. The summed E-state index contributed by atoms with van der Waals surface area (Å²) in [5.41, 5.74) is -0.249. The van der Waals surface area contributed by atoms with Gasteiger partial charge in [-0.2, -0.15) is 0 Å². The van der Waals surface area contributed by atoms with E-state index >= 15 is 0 Å². The predicted octanol–water partition coefficient (Wildman–Crippen LogP) is 6.01. The first-order valence-corrected chi connectivity index (χ1v) is 18.8. The highest BCUT2D eigenvalue weighted by molar-refractivity contribution is 9.10. The van der Waals surface area contributed by atoms with E-state index in [9.17, 15) is 28.4 Å². The number of likely N-dealkylation sites (N-methyl/N-ethyl adjacent to an activating group) is 3. The molecule has 1 aliphatic carbocycles. The number of hydrogen-bond acceptors (Lipinski definition) is 6. The van der Waals surface area contributed by atoms with E-state index < -0.39 is 59.4 Å². The lowest BCUT2D eigenvalue weighted by atomic mass is 9.98. The van der Waals surface area contributed by atoms with Crippen molar-refractivity contribution in [1.82, 2.24) is 25.3 Å². The van der Waals surface area contributed by atoms with E-state index in [-0.39, 0.29) is 37.0 Å². The van der Waals surface area contributed by atoms with Crippen LogP contribution in [0.15, 0.2) is 48.0 Å². The summed E-state index contributed by atoms with van der Waals surface area (Å²) >= 11 is 3.46. The normalized spacial score (nSPS) is 15.1. The number of benzene rings is 1. The maximum absolute atomic E-state index is 14.3. The summed E-state index contributed by atoms with van der Waals surface area (Å²) < 4.78 is 20.3. The van der Waals surface area contributed by atoms with Crippen LogP contribution in [0, 0.1) is 17.7 Å². The third kappa shape index (κ3) is 14.0. The number of carbonyl (C=O) groups is 5. The molecule has 11 nitrogen and oxygen atoms in total. The molecule has 0 spiro atoms. The maximum Gasteiger partial charge on any atom is 0.408 e. The average molecular weight is 793 g/mol. The van der Waals surface area contributed by atoms with Gasteiger partial charge < -0.3 is 30.1 Å². The molecule has 5 amide bonds. The molecule has 0 unspecified atom stereocenters. The van der Waals surface area contributed by atoms with Gasteiger partial charge in [0.25, 0.3) is 0 Å². The van der Waals surface area contributed by atoms with Gasteiger partial charge in [-0.15, -0.1) is 13.2 Å². The number of unbranched alkanes of at least 4 members (excludes halogenated alkanes) is 2. The minimum absolute atomic E-state index is 0.0301. The van der Waals surface area contributed by atoms with Crippen molar-refractivity contribution < 1.29 is 33.1 Å².